The van der Waals surface area contributed by atoms with Crippen molar-refractivity contribution in [2.75, 3.05) is 0 Å². The Balaban J connectivity index is 2.54. The molecule has 1 aliphatic rings. The first kappa shape index (κ1) is 7.38. The van der Waals surface area contributed by atoms with Crippen molar-refractivity contribution in [3.8, 4) is 0 Å². The van der Waals surface area contributed by atoms with Crippen molar-refractivity contribution in [2.45, 2.75) is 30.5 Å². The molecule has 0 spiro atoms. The summed E-state index contributed by atoms with van der Waals surface area (Å²) < 4.78 is 4.98. The van der Waals surface area contributed by atoms with Crippen molar-refractivity contribution < 1.29 is 9.84 Å². The highest BCUT2D eigenvalue weighted by molar-refractivity contribution is 6.27. The number of aliphatic hydroxyl groups excluding tert-OH is 1. The highest BCUT2D eigenvalue weighted by Gasteiger charge is 2.36. The van der Waals surface area contributed by atoms with Crippen LogP contribution in [0, 0.1) is 0 Å². The highest BCUT2D eigenvalue weighted by atomic mass is 35.5. The SMILES string of the molecule is [B][C@@H]1O[C@H](C)[C@@H](O)[C@H]1Cl. The maximum absolute atomic E-state index is 9.10. The van der Waals surface area contributed by atoms with E-state index >= 15 is 0 Å². The molecule has 9 heavy (non-hydrogen) atoms. The third-order valence-corrected chi connectivity index (χ3v) is 2.00. The average molecular weight is 146 g/mol. The molecule has 0 saturated carbocycles. The number of aliphatic hydroxyl groups is 1. The van der Waals surface area contributed by atoms with Gasteiger partial charge < -0.3 is 9.84 Å². The molecule has 0 aliphatic carbocycles. The molecule has 1 aliphatic heterocycles. The largest absolute Gasteiger partial charge is 0.389 e. The van der Waals surface area contributed by atoms with E-state index in [9.17, 15) is 0 Å². The monoisotopic (exact) mass is 146 g/mol. The molecular formula is C5H8BClO2. The van der Waals surface area contributed by atoms with Crippen LogP contribution in [0.3, 0.4) is 0 Å². The highest BCUT2D eigenvalue weighted by Crippen LogP contribution is 2.23. The van der Waals surface area contributed by atoms with Crippen molar-refractivity contribution in [2.24, 2.45) is 0 Å². The van der Waals surface area contributed by atoms with Gasteiger partial charge in [-0.05, 0) is 6.92 Å². The number of hydrogen-bond donors (Lipinski definition) is 1. The molecule has 1 fully saturated rings. The van der Waals surface area contributed by atoms with Gasteiger partial charge in [0.1, 0.15) is 7.85 Å². The number of rotatable bonds is 0. The molecular weight excluding hydrogens is 138 g/mol. The molecule has 0 aromatic heterocycles. The van der Waals surface area contributed by atoms with Gasteiger partial charge in [-0.25, -0.2) is 0 Å². The standard InChI is InChI=1S/C5H8BClO2/c1-2-4(8)3(7)5(6)9-2/h2-5,8H,1H3/t2-,3-,4-,5-/m1/s1. The topological polar surface area (TPSA) is 29.5 Å². The van der Waals surface area contributed by atoms with Crippen LogP contribution in [-0.2, 0) is 4.74 Å². The number of halogens is 1. The molecule has 4 heteroatoms. The minimum atomic E-state index is -0.623. The summed E-state index contributed by atoms with van der Waals surface area (Å²) in [5, 5.41) is 8.64. The Hall–Kier alpha value is 0.275. The average Bonchev–Trinajstić information content (AvgIpc) is 1.98. The van der Waals surface area contributed by atoms with E-state index in [2.05, 4.69) is 0 Å². The van der Waals surface area contributed by atoms with Crippen molar-refractivity contribution in [3.05, 3.63) is 0 Å². The molecule has 1 saturated heterocycles. The number of hydrogen-bond acceptors (Lipinski definition) is 2. The van der Waals surface area contributed by atoms with Gasteiger partial charge in [-0.1, -0.05) is 0 Å². The van der Waals surface area contributed by atoms with E-state index in [1.54, 1.807) is 6.92 Å². The van der Waals surface area contributed by atoms with E-state index < -0.39 is 17.5 Å². The summed E-state index contributed by atoms with van der Waals surface area (Å²) in [4.78, 5) is 0. The van der Waals surface area contributed by atoms with E-state index in [1.165, 1.54) is 0 Å². The third kappa shape index (κ3) is 1.23. The minimum Gasteiger partial charge on any atom is -0.389 e. The minimum absolute atomic E-state index is 0.234. The molecule has 0 aromatic carbocycles. The summed E-state index contributed by atoms with van der Waals surface area (Å²) in [6.07, 6.45) is -0.857. The fourth-order valence-corrected chi connectivity index (χ4v) is 1.12. The summed E-state index contributed by atoms with van der Waals surface area (Å²) in [7, 11) is 5.34. The molecule has 1 heterocycles. The molecule has 2 radical (unpaired) electrons. The van der Waals surface area contributed by atoms with Crippen LogP contribution in [0.25, 0.3) is 0 Å². The van der Waals surface area contributed by atoms with E-state index in [-0.39, 0.29) is 6.10 Å². The summed E-state index contributed by atoms with van der Waals surface area (Å²) in [5.41, 5.74) is 0. The second kappa shape index (κ2) is 2.49. The lowest BCUT2D eigenvalue weighted by Crippen LogP contribution is -2.26. The van der Waals surface area contributed by atoms with Crippen LogP contribution in [0.5, 0.6) is 0 Å². The Morgan fingerprint density at radius 2 is 2.22 bits per heavy atom. The zero-order valence-electron chi connectivity index (χ0n) is 5.12. The lowest BCUT2D eigenvalue weighted by molar-refractivity contribution is 0.0457. The van der Waals surface area contributed by atoms with Crippen LogP contribution in [0.15, 0.2) is 0 Å². The van der Waals surface area contributed by atoms with Gasteiger partial charge in [-0.2, -0.15) is 0 Å². The molecule has 1 N–H and O–H groups in total. The van der Waals surface area contributed by atoms with Gasteiger partial charge in [0.05, 0.1) is 17.6 Å². The maximum Gasteiger partial charge on any atom is 0.111 e. The van der Waals surface area contributed by atoms with Crippen LogP contribution in [0.2, 0.25) is 0 Å². The maximum atomic E-state index is 9.10. The second-order valence-corrected chi connectivity index (χ2v) is 2.74. The molecule has 50 valence electrons. The van der Waals surface area contributed by atoms with E-state index in [0.717, 1.165) is 0 Å². The Kier molecular flexibility index (Phi) is 2.04. The lowest BCUT2D eigenvalue weighted by Gasteiger charge is -2.07. The predicted molar refractivity (Wildman–Crippen MR) is 35.7 cm³/mol. The fraction of sp³-hybridized carbons (Fsp3) is 1.00. The molecule has 0 bridgehead atoms. The smallest absolute Gasteiger partial charge is 0.111 e. The fourth-order valence-electron chi connectivity index (χ4n) is 0.857. The molecule has 0 aromatic rings. The second-order valence-electron chi connectivity index (χ2n) is 2.24. The first-order valence-corrected chi connectivity index (χ1v) is 3.29. The third-order valence-electron chi connectivity index (χ3n) is 1.49. The van der Waals surface area contributed by atoms with E-state index in [0.29, 0.717) is 0 Å². The molecule has 4 atom stereocenters. The summed E-state index contributed by atoms with van der Waals surface area (Å²) >= 11 is 5.61. The summed E-state index contributed by atoms with van der Waals surface area (Å²) in [5.74, 6) is 0. The lowest BCUT2D eigenvalue weighted by atomic mass is 9.96. The zero-order valence-corrected chi connectivity index (χ0v) is 5.88. The Morgan fingerprint density at radius 3 is 2.33 bits per heavy atom. The van der Waals surface area contributed by atoms with Crippen molar-refractivity contribution in [1.82, 2.24) is 0 Å². The van der Waals surface area contributed by atoms with Crippen molar-refractivity contribution >= 4 is 19.4 Å². The van der Waals surface area contributed by atoms with Crippen LogP contribution >= 0.6 is 11.6 Å². The zero-order chi connectivity index (χ0) is 7.02. The summed E-state index contributed by atoms with van der Waals surface area (Å²) in [6, 6.07) is -0.517. The number of alkyl halides is 1. The quantitative estimate of drug-likeness (QED) is 0.381. The van der Waals surface area contributed by atoms with E-state index in [4.69, 9.17) is 29.3 Å². The molecule has 2 nitrogen and oxygen atoms in total. The Morgan fingerprint density at radius 1 is 1.67 bits per heavy atom. The van der Waals surface area contributed by atoms with Crippen LogP contribution in [0.4, 0.5) is 0 Å². The van der Waals surface area contributed by atoms with Gasteiger partial charge in [-0.3, -0.25) is 0 Å². The molecule has 0 amide bonds. The van der Waals surface area contributed by atoms with Gasteiger partial charge in [0.2, 0.25) is 0 Å². The molecule has 1 rings (SSSR count). The number of ether oxygens (including phenoxy) is 1. The summed E-state index contributed by atoms with van der Waals surface area (Å²) in [6.45, 7) is 1.74. The Bertz CT molecular complexity index is 99.1. The predicted octanol–water partition coefficient (Wildman–Crippen LogP) is -0.132. The van der Waals surface area contributed by atoms with E-state index in [1.807, 2.05) is 0 Å². The van der Waals surface area contributed by atoms with Gasteiger partial charge in [-0.15, -0.1) is 11.6 Å². The van der Waals surface area contributed by atoms with Gasteiger partial charge in [0, 0.05) is 6.00 Å². The molecule has 0 unspecified atom stereocenters. The van der Waals surface area contributed by atoms with Crippen LogP contribution in [0.1, 0.15) is 6.92 Å². The first-order valence-electron chi connectivity index (χ1n) is 2.86. The van der Waals surface area contributed by atoms with Gasteiger partial charge >= 0.3 is 0 Å². The van der Waals surface area contributed by atoms with Crippen LogP contribution in [-0.4, -0.2) is 36.5 Å². The van der Waals surface area contributed by atoms with Gasteiger partial charge in [0.15, 0.2) is 0 Å². The normalized spacial score (nSPS) is 51.9. The first-order chi connectivity index (χ1) is 4.13. The van der Waals surface area contributed by atoms with Crippen LogP contribution < -0.4 is 0 Å². The van der Waals surface area contributed by atoms with Crippen molar-refractivity contribution in [3.63, 3.8) is 0 Å². The Labute approximate surface area is 60.6 Å². The van der Waals surface area contributed by atoms with Crippen molar-refractivity contribution in [1.29, 1.82) is 0 Å². The van der Waals surface area contributed by atoms with Gasteiger partial charge in [0.25, 0.3) is 0 Å².